The van der Waals surface area contributed by atoms with Crippen LogP contribution >= 0.6 is 15.9 Å². The Morgan fingerprint density at radius 2 is 1.04 bits per heavy atom. The fourth-order valence-electron chi connectivity index (χ4n) is 5.79. The van der Waals surface area contributed by atoms with Crippen LogP contribution in [0.1, 0.15) is 40.0 Å². The molecule has 0 fully saturated rings. The Morgan fingerprint density at radius 3 is 1.55 bits per heavy atom. The van der Waals surface area contributed by atoms with Crippen LogP contribution in [-0.2, 0) is 22.8 Å². The zero-order valence-electron chi connectivity index (χ0n) is 28.2. The third-order valence-corrected chi connectivity index (χ3v) is 8.90. The number of ether oxygens (including phenoxy) is 4. The maximum absolute atomic E-state index is 12.6. The highest BCUT2D eigenvalue weighted by molar-refractivity contribution is 9.10. The topological polar surface area (TPSA) is 119 Å². The van der Waals surface area contributed by atoms with E-state index in [0.29, 0.717) is 64.3 Å². The van der Waals surface area contributed by atoms with E-state index >= 15 is 0 Å². The van der Waals surface area contributed by atoms with Crippen LogP contribution in [0.4, 0.5) is 11.4 Å². The number of anilines is 2. The zero-order chi connectivity index (χ0) is 36.6. The highest BCUT2D eigenvalue weighted by Crippen LogP contribution is 2.40. The van der Waals surface area contributed by atoms with Gasteiger partial charge in [0.1, 0.15) is 36.2 Å². The first kappa shape index (κ1) is 34.9. The SMILES string of the molecule is N#Cc1ccc(OCc2ccccc2)c([C@@H]2Oc3ccccc3NC2=O)c1.O=C1Nc2ccccc2O[C@H]1c1cc(Br)ccc1OCc1ccccc1. The van der Waals surface area contributed by atoms with Crippen molar-refractivity contribution in [1.82, 2.24) is 0 Å². The third-order valence-electron chi connectivity index (χ3n) is 8.41. The molecule has 0 saturated carbocycles. The molecule has 2 N–H and O–H groups in total. The number of benzene rings is 6. The molecule has 2 amide bonds. The summed E-state index contributed by atoms with van der Waals surface area (Å²) >= 11 is 3.47. The van der Waals surface area contributed by atoms with Gasteiger partial charge in [-0.2, -0.15) is 5.26 Å². The number of halogens is 1. The van der Waals surface area contributed by atoms with Gasteiger partial charge in [0.25, 0.3) is 11.8 Å². The number of hydrogen-bond acceptors (Lipinski definition) is 7. The Labute approximate surface area is 314 Å². The number of fused-ring (bicyclic) bond motifs is 2. The van der Waals surface area contributed by atoms with Gasteiger partial charge < -0.3 is 29.6 Å². The summed E-state index contributed by atoms with van der Waals surface area (Å²) in [6, 6.07) is 47.0. The van der Waals surface area contributed by atoms with Gasteiger partial charge in [-0.15, -0.1) is 0 Å². The van der Waals surface area contributed by atoms with Crippen LogP contribution in [0.2, 0.25) is 0 Å². The van der Waals surface area contributed by atoms with Crippen molar-refractivity contribution in [3.63, 3.8) is 0 Å². The molecule has 6 aromatic rings. The smallest absolute Gasteiger partial charge is 0.270 e. The molecular weight excluding hydrogens is 734 g/mol. The molecule has 0 saturated heterocycles. The van der Waals surface area contributed by atoms with Gasteiger partial charge in [0, 0.05) is 15.6 Å². The maximum Gasteiger partial charge on any atom is 0.270 e. The second kappa shape index (κ2) is 16.2. The molecule has 10 heteroatoms. The standard InChI is InChI=1S/C22H16N2O3.C21H16BrNO3/c23-13-16-10-11-19(26-14-15-6-2-1-3-7-15)17(12-16)21-22(25)24-18-8-4-5-9-20(18)27-21;22-15-10-11-18(25-13-14-6-2-1-3-7-14)16(12-15)20-21(24)23-17-8-4-5-9-19(17)26-20/h1-12,21H,14H2,(H,24,25);1-12,20H,13H2,(H,23,24)/t21-;20-/m00/s1. The molecule has 0 aromatic heterocycles. The van der Waals surface area contributed by atoms with E-state index in [4.69, 9.17) is 18.9 Å². The molecule has 262 valence electrons. The minimum absolute atomic E-state index is 0.216. The van der Waals surface area contributed by atoms with E-state index in [-0.39, 0.29) is 11.8 Å². The van der Waals surface area contributed by atoms with Crippen LogP contribution in [0.25, 0.3) is 0 Å². The average Bonchev–Trinajstić information content (AvgIpc) is 3.20. The van der Waals surface area contributed by atoms with Crippen molar-refractivity contribution in [3.05, 3.63) is 178 Å². The fraction of sp³-hybridized carbons (Fsp3) is 0.0930. The van der Waals surface area contributed by atoms with E-state index in [2.05, 4.69) is 32.6 Å². The van der Waals surface area contributed by atoms with Crippen LogP contribution in [0.5, 0.6) is 23.0 Å². The Hall–Kier alpha value is -6.57. The Bertz CT molecular complexity index is 2290. The van der Waals surface area contributed by atoms with Crippen molar-refractivity contribution >= 4 is 39.1 Å². The fourth-order valence-corrected chi connectivity index (χ4v) is 6.17. The molecule has 2 heterocycles. The minimum Gasteiger partial charge on any atom is -0.488 e. The molecule has 0 aliphatic carbocycles. The van der Waals surface area contributed by atoms with E-state index in [9.17, 15) is 14.9 Å². The third kappa shape index (κ3) is 8.33. The van der Waals surface area contributed by atoms with Crippen LogP contribution in [-0.4, -0.2) is 11.8 Å². The highest BCUT2D eigenvalue weighted by atomic mass is 79.9. The quantitative estimate of drug-likeness (QED) is 0.159. The number of hydrogen-bond donors (Lipinski definition) is 2. The highest BCUT2D eigenvalue weighted by Gasteiger charge is 2.33. The van der Waals surface area contributed by atoms with E-state index in [0.717, 1.165) is 15.6 Å². The molecule has 0 radical (unpaired) electrons. The first-order chi connectivity index (χ1) is 25.9. The van der Waals surface area contributed by atoms with E-state index in [1.807, 2.05) is 115 Å². The van der Waals surface area contributed by atoms with Crippen molar-refractivity contribution in [2.45, 2.75) is 25.4 Å². The number of para-hydroxylation sites is 4. The van der Waals surface area contributed by atoms with Crippen LogP contribution in [0, 0.1) is 11.3 Å². The number of rotatable bonds is 8. The largest absolute Gasteiger partial charge is 0.488 e. The normalized spacial score (nSPS) is 15.3. The van der Waals surface area contributed by atoms with Crippen molar-refractivity contribution in [2.24, 2.45) is 0 Å². The number of nitrogens with one attached hydrogen (secondary N) is 2. The second-order valence-corrected chi connectivity index (χ2v) is 13.0. The molecule has 2 aliphatic rings. The summed E-state index contributed by atoms with van der Waals surface area (Å²) in [5.74, 6) is 1.85. The van der Waals surface area contributed by atoms with E-state index in [1.165, 1.54) is 0 Å². The molecular formula is C43H32BrN3O6. The molecule has 2 atom stereocenters. The van der Waals surface area contributed by atoms with E-state index in [1.54, 1.807) is 30.3 Å². The Balaban J connectivity index is 0.000000164. The number of nitrogens with zero attached hydrogens (tertiary/aromatic N) is 1. The van der Waals surface area contributed by atoms with Crippen molar-refractivity contribution < 1.29 is 28.5 Å². The molecule has 53 heavy (non-hydrogen) atoms. The molecule has 0 spiro atoms. The monoisotopic (exact) mass is 765 g/mol. The van der Waals surface area contributed by atoms with E-state index < -0.39 is 12.2 Å². The molecule has 2 aliphatic heterocycles. The van der Waals surface area contributed by atoms with Gasteiger partial charge in [-0.1, -0.05) is 101 Å². The van der Waals surface area contributed by atoms with Gasteiger partial charge in [0.15, 0.2) is 0 Å². The Morgan fingerprint density at radius 1 is 0.585 bits per heavy atom. The molecule has 0 bridgehead atoms. The maximum atomic E-state index is 12.6. The lowest BCUT2D eigenvalue weighted by Gasteiger charge is -2.27. The predicted octanol–water partition coefficient (Wildman–Crippen LogP) is 9.31. The Kier molecular flexibility index (Phi) is 10.6. The number of amides is 2. The summed E-state index contributed by atoms with van der Waals surface area (Å²) in [6.45, 7) is 0.769. The van der Waals surface area contributed by atoms with Crippen molar-refractivity contribution in [3.8, 4) is 29.1 Å². The summed E-state index contributed by atoms with van der Waals surface area (Å²) in [6.07, 6.45) is -1.66. The lowest BCUT2D eigenvalue weighted by molar-refractivity contribution is -0.124. The van der Waals surface area contributed by atoms with Crippen LogP contribution in [0.15, 0.2) is 150 Å². The van der Waals surface area contributed by atoms with Crippen LogP contribution < -0.4 is 29.6 Å². The lowest BCUT2D eigenvalue weighted by atomic mass is 10.0. The zero-order valence-corrected chi connectivity index (χ0v) is 29.8. The summed E-state index contributed by atoms with van der Waals surface area (Å²) in [4.78, 5) is 25.2. The first-order valence-electron chi connectivity index (χ1n) is 16.8. The number of carbonyl (C=O) groups excluding carboxylic acids is 2. The summed E-state index contributed by atoms with van der Waals surface area (Å²) in [5.41, 5.74) is 5.01. The van der Waals surface area contributed by atoms with Crippen molar-refractivity contribution in [2.75, 3.05) is 10.6 Å². The first-order valence-corrected chi connectivity index (χ1v) is 17.5. The molecule has 9 nitrogen and oxygen atoms in total. The molecule has 6 aromatic carbocycles. The molecule has 8 rings (SSSR count). The summed E-state index contributed by atoms with van der Waals surface area (Å²) in [7, 11) is 0. The van der Waals surface area contributed by atoms with Gasteiger partial charge in [-0.05, 0) is 71.8 Å². The lowest BCUT2D eigenvalue weighted by Crippen LogP contribution is -2.30. The van der Waals surface area contributed by atoms with Gasteiger partial charge in [-0.3, -0.25) is 9.59 Å². The molecule has 0 unspecified atom stereocenters. The summed E-state index contributed by atoms with van der Waals surface area (Å²) < 4.78 is 24.7. The van der Waals surface area contributed by atoms with Gasteiger partial charge in [-0.25, -0.2) is 0 Å². The second-order valence-electron chi connectivity index (χ2n) is 12.1. The van der Waals surface area contributed by atoms with Crippen molar-refractivity contribution in [1.29, 1.82) is 5.26 Å². The van der Waals surface area contributed by atoms with Gasteiger partial charge >= 0.3 is 0 Å². The average molecular weight is 767 g/mol. The number of carbonyl (C=O) groups is 2. The van der Waals surface area contributed by atoms with Gasteiger partial charge in [0.05, 0.1) is 23.0 Å². The minimum atomic E-state index is -0.890. The summed E-state index contributed by atoms with van der Waals surface area (Å²) in [5, 5.41) is 15.0. The van der Waals surface area contributed by atoms with Crippen LogP contribution in [0.3, 0.4) is 0 Å². The van der Waals surface area contributed by atoms with Gasteiger partial charge in [0.2, 0.25) is 12.2 Å². The predicted molar refractivity (Wildman–Crippen MR) is 204 cm³/mol. The number of nitriles is 1.